The molecule has 0 saturated carbocycles. The van der Waals surface area contributed by atoms with Crippen LogP contribution in [0.5, 0.6) is 0 Å². The van der Waals surface area contributed by atoms with Gasteiger partial charge in [0.15, 0.2) is 5.82 Å². The zero-order valence-electron chi connectivity index (χ0n) is 18.1. The van der Waals surface area contributed by atoms with Crippen molar-refractivity contribution in [3.8, 4) is 11.5 Å². The Labute approximate surface area is 193 Å². The van der Waals surface area contributed by atoms with Crippen LogP contribution in [-0.2, 0) is 12.7 Å². The molecule has 3 aromatic carbocycles. The van der Waals surface area contributed by atoms with Crippen LogP contribution in [0.3, 0.4) is 0 Å². The first-order valence-corrected chi connectivity index (χ1v) is 10.9. The molecule has 1 aliphatic rings. The van der Waals surface area contributed by atoms with E-state index in [4.69, 9.17) is 4.52 Å². The molecule has 0 N–H and O–H groups in total. The molecule has 0 aliphatic carbocycles. The van der Waals surface area contributed by atoms with Crippen molar-refractivity contribution in [2.45, 2.75) is 12.7 Å². The smallest absolute Gasteiger partial charge is 0.336 e. The van der Waals surface area contributed by atoms with Crippen molar-refractivity contribution in [2.75, 3.05) is 26.2 Å². The molecule has 174 valence electrons. The molecule has 9 heteroatoms. The number of carbonyl (C=O) groups is 1. The third-order valence-electron chi connectivity index (χ3n) is 5.93. The Hall–Kier alpha value is -3.72. The number of amides is 1. The summed E-state index contributed by atoms with van der Waals surface area (Å²) in [7, 11) is 0. The number of nitrogens with zero attached hydrogens (tertiary/aromatic N) is 4. The second kappa shape index (κ2) is 8.90. The molecule has 1 fully saturated rings. The standard InChI is InChI=1S/C25H21F3N4O2/c26-25(27,28)21-7-3-6-19(15-21)23-29-22(30-34-23)16-31-10-12-32(13-11-31)24(33)20-9-8-17-4-1-2-5-18(17)14-20/h1-9,14-15H,10-13,16H2. The molecule has 4 aromatic rings. The summed E-state index contributed by atoms with van der Waals surface area (Å²) >= 11 is 0. The maximum Gasteiger partial charge on any atom is 0.416 e. The SMILES string of the molecule is O=C(c1ccc2ccccc2c1)N1CCN(Cc2noc(-c3cccc(C(F)(F)F)c3)n2)CC1. The van der Waals surface area contributed by atoms with E-state index in [0.29, 0.717) is 44.1 Å². The number of alkyl halides is 3. The van der Waals surface area contributed by atoms with E-state index >= 15 is 0 Å². The lowest BCUT2D eigenvalue weighted by atomic mass is 10.1. The fraction of sp³-hybridized carbons (Fsp3) is 0.240. The third kappa shape index (κ3) is 4.65. The van der Waals surface area contributed by atoms with Gasteiger partial charge in [0.25, 0.3) is 11.8 Å². The van der Waals surface area contributed by atoms with E-state index in [2.05, 4.69) is 15.0 Å². The largest absolute Gasteiger partial charge is 0.416 e. The van der Waals surface area contributed by atoms with Gasteiger partial charge in [-0.15, -0.1) is 0 Å². The van der Waals surface area contributed by atoms with Gasteiger partial charge >= 0.3 is 6.18 Å². The number of hydrogen-bond donors (Lipinski definition) is 0. The van der Waals surface area contributed by atoms with Gasteiger partial charge in [-0.1, -0.05) is 41.6 Å². The van der Waals surface area contributed by atoms with Crippen LogP contribution in [-0.4, -0.2) is 52.0 Å². The Balaban J connectivity index is 1.20. The van der Waals surface area contributed by atoms with Crippen LogP contribution >= 0.6 is 0 Å². The predicted octanol–water partition coefficient (Wildman–Crippen LogP) is 4.87. The minimum atomic E-state index is -4.44. The van der Waals surface area contributed by atoms with Crippen molar-refractivity contribution >= 4 is 16.7 Å². The molecular weight excluding hydrogens is 445 g/mol. The Bertz CT molecular complexity index is 1330. The van der Waals surface area contributed by atoms with Gasteiger partial charge in [-0.3, -0.25) is 9.69 Å². The van der Waals surface area contributed by atoms with Crippen LogP contribution in [0.1, 0.15) is 21.7 Å². The monoisotopic (exact) mass is 466 g/mol. The molecule has 0 bridgehead atoms. The first kappa shape index (κ1) is 22.1. The molecule has 0 unspecified atom stereocenters. The normalized spacial score (nSPS) is 15.1. The molecule has 5 rings (SSSR count). The summed E-state index contributed by atoms with van der Waals surface area (Å²) in [6, 6.07) is 18.5. The van der Waals surface area contributed by atoms with E-state index in [0.717, 1.165) is 22.9 Å². The summed E-state index contributed by atoms with van der Waals surface area (Å²) in [5.41, 5.74) is 0.118. The van der Waals surface area contributed by atoms with Gasteiger partial charge in [-0.2, -0.15) is 18.2 Å². The summed E-state index contributed by atoms with van der Waals surface area (Å²) in [5.74, 6) is 0.435. The number of hydrogen-bond acceptors (Lipinski definition) is 5. The molecule has 2 heterocycles. The number of halogens is 3. The van der Waals surface area contributed by atoms with Gasteiger partial charge in [0, 0.05) is 37.3 Å². The Morgan fingerprint density at radius 2 is 1.68 bits per heavy atom. The minimum Gasteiger partial charge on any atom is -0.336 e. The number of benzene rings is 3. The van der Waals surface area contributed by atoms with Crippen LogP contribution in [0.25, 0.3) is 22.2 Å². The van der Waals surface area contributed by atoms with Gasteiger partial charge in [0.05, 0.1) is 12.1 Å². The molecule has 1 aromatic heterocycles. The van der Waals surface area contributed by atoms with E-state index in [1.165, 1.54) is 12.1 Å². The van der Waals surface area contributed by atoms with Crippen LogP contribution in [0, 0.1) is 0 Å². The number of piperazine rings is 1. The summed E-state index contributed by atoms with van der Waals surface area (Å²) in [5, 5.41) is 6.04. The van der Waals surface area contributed by atoms with Crippen molar-refractivity contribution in [3.05, 3.63) is 83.7 Å². The van der Waals surface area contributed by atoms with Crippen molar-refractivity contribution < 1.29 is 22.5 Å². The van der Waals surface area contributed by atoms with Crippen LogP contribution in [0.15, 0.2) is 71.3 Å². The molecular formula is C25H21F3N4O2. The quantitative estimate of drug-likeness (QED) is 0.430. The summed E-state index contributed by atoms with van der Waals surface area (Å²) in [4.78, 5) is 21.1. The van der Waals surface area contributed by atoms with Crippen molar-refractivity contribution in [2.24, 2.45) is 0 Å². The van der Waals surface area contributed by atoms with Crippen LogP contribution in [0.2, 0.25) is 0 Å². The molecule has 0 radical (unpaired) electrons. The second-order valence-electron chi connectivity index (χ2n) is 8.22. The maximum atomic E-state index is 13.0. The molecule has 1 amide bonds. The van der Waals surface area contributed by atoms with E-state index in [9.17, 15) is 18.0 Å². The lowest BCUT2D eigenvalue weighted by molar-refractivity contribution is -0.137. The molecule has 0 spiro atoms. The van der Waals surface area contributed by atoms with E-state index in [1.54, 1.807) is 0 Å². The average Bonchev–Trinajstić information content (AvgIpc) is 3.32. The molecule has 1 aliphatic heterocycles. The topological polar surface area (TPSA) is 62.5 Å². The van der Waals surface area contributed by atoms with Crippen molar-refractivity contribution in [1.29, 1.82) is 0 Å². The van der Waals surface area contributed by atoms with E-state index in [1.807, 2.05) is 47.4 Å². The minimum absolute atomic E-state index is 0.00297. The number of carbonyl (C=O) groups excluding carboxylic acids is 1. The predicted molar refractivity (Wildman–Crippen MR) is 120 cm³/mol. The third-order valence-corrected chi connectivity index (χ3v) is 5.93. The van der Waals surface area contributed by atoms with Gasteiger partial charge in [-0.25, -0.2) is 0 Å². The first-order valence-electron chi connectivity index (χ1n) is 10.9. The van der Waals surface area contributed by atoms with E-state index in [-0.39, 0.29) is 17.4 Å². The zero-order valence-corrected chi connectivity index (χ0v) is 18.1. The molecule has 1 saturated heterocycles. The Morgan fingerprint density at radius 1 is 0.912 bits per heavy atom. The molecule has 34 heavy (non-hydrogen) atoms. The highest BCUT2D eigenvalue weighted by Crippen LogP contribution is 2.31. The second-order valence-corrected chi connectivity index (χ2v) is 8.22. The average molecular weight is 466 g/mol. The summed E-state index contributed by atoms with van der Waals surface area (Å²) < 4.78 is 44.1. The highest BCUT2D eigenvalue weighted by atomic mass is 19.4. The highest BCUT2D eigenvalue weighted by molar-refractivity contribution is 5.98. The fourth-order valence-electron chi connectivity index (χ4n) is 4.08. The Morgan fingerprint density at radius 3 is 2.44 bits per heavy atom. The lowest BCUT2D eigenvalue weighted by Gasteiger charge is -2.34. The Kier molecular flexibility index (Phi) is 5.79. The van der Waals surface area contributed by atoms with E-state index < -0.39 is 11.7 Å². The summed E-state index contributed by atoms with van der Waals surface area (Å²) in [6.45, 7) is 2.77. The van der Waals surface area contributed by atoms with Crippen molar-refractivity contribution in [1.82, 2.24) is 19.9 Å². The fourth-order valence-corrected chi connectivity index (χ4v) is 4.08. The van der Waals surface area contributed by atoms with Crippen molar-refractivity contribution in [3.63, 3.8) is 0 Å². The van der Waals surface area contributed by atoms with Gasteiger partial charge in [-0.05, 0) is 41.1 Å². The molecule has 0 atom stereocenters. The number of rotatable bonds is 4. The molecule has 6 nitrogen and oxygen atoms in total. The number of fused-ring (bicyclic) bond motifs is 1. The first-order chi connectivity index (χ1) is 16.4. The van der Waals surface area contributed by atoms with Crippen LogP contribution < -0.4 is 0 Å². The van der Waals surface area contributed by atoms with Crippen LogP contribution in [0.4, 0.5) is 13.2 Å². The van der Waals surface area contributed by atoms with Gasteiger partial charge < -0.3 is 9.42 Å². The highest BCUT2D eigenvalue weighted by Gasteiger charge is 2.31. The summed E-state index contributed by atoms with van der Waals surface area (Å²) in [6.07, 6.45) is -4.44. The maximum absolute atomic E-state index is 13.0. The number of aromatic nitrogens is 2. The lowest BCUT2D eigenvalue weighted by Crippen LogP contribution is -2.48. The zero-order chi connectivity index (χ0) is 23.7. The van der Waals surface area contributed by atoms with Gasteiger partial charge in [0.1, 0.15) is 0 Å². The van der Waals surface area contributed by atoms with Gasteiger partial charge in [0.2, 0.25) is 0 Å².